The topological polar surface area (TPSA) is 44.9 Å². The van der Waals surface area contributed by atoms with Gasteiger partial charge in [0.15, 0.2) is 0 Å². The van der Waals surface area contributed by atoms with Crippen molar-refractivity contribution in [1.82, 2.24) is 10.3 Å². The molecule has 1 aliphatic carbocycles. The van der Waals surface area contributed by atoms with Gasteiger partial charge in [-0.1, -0.05) is 18.2 Å². The van der Waals surface area contributed by atoms with E-state index >= 15 is 0 Å². The molecule has 2 N–H and O–H groups in total. The normalized spacial score (nSPS) is 20.4. The third-order valence-corrected chi connectivity index (χ3v) is 4.35. The van der Waals surface area contributed by atoms with Gasteiger partial charge in [-0.2, -0.15) is 0 Å². The minimum absolute atomic E-state index is 0.0511. The number of H-pyrrole nitrogens is 1. The standard InChI is InChI=1S/C14H14Cl2N2O/c15-14(16)7-11(14)13(19)17-6-5-9-8-18-12-4-2-1-3-10(9)12/h1-4,8,11,18H,5-7H2,(H,17,19). The summed E-state index contributed by atoms with van der Waals surface area (Å²) in [6, 6.07) is 8.12. The first-order valence-electron chi connectivity index (χ1n) is 6.28. The van der Waals surface area contributed by atoms with Crippen molar-refractivity contribution < 1.29 is 4.79 Å². The molecule has 1 saturated carbocycles. The van der Waals surface area contributed by atoms with Gasteiger partial charge >= 0.3 is 0 Å². The van der Waals surface area contributed by atoms with E-state index in [1.807, 2.05) is 24.4 Å². The molecule has 1 atom stereocenters. The molecule has 1 heterocycles. The number of halogens is 2. The summed E-state index contributed by atoms with van der Waals surface area (Å²) in [5.41, 5.74) is 2.32. The van der Waals surface area contributed by atoms with Crippen LogP contribution in [0.25, 0.3) is 10.9 Å². The Balaban J connectivity index is 1.57. The van der Waals surface area contributed by atoms with Gasteiger partial charge in [-0.25, -0.2) is 0 Å². The van der Waals surface area contributed by atoms with Crippen LogP contribution in [0.5, 0.6) is 0 Å². The lowest BCUT2D eigenvalue weighted by Crippen LogP contribution is -2.28. The predicted molar refractivity (Wildman–Crippen MR) is 77.6 cm³/mol. The molecule has 1 aliphatic rings. The summed E-state index contributed by atoms with van der Waals surface area (Å²) in [4.78, 5) is 14.9. The number of para-hydroxylation sites is 1. The number of aromatic amines is 1. The van der Waals surface area contributed by atoms with Gasteiger partial charge in [0.1, 0.15) is 4.33 Å². The molecular weight excluding hydrogens is 283 g/mol. The number of rotatable bonds is 4. The third-order valence-electron chi connectivity index (χ3n) is 3.51. The quantitative estimate of drug-likeness (QED) is 0.837. The van der Waals surface area contributed by atoms with Gasteiger partial charge in [0.2, 0.25) is 5.91 Å². The highest BCUT2D eigenvalue weighted by Crippen LogP contribution is 2.53. The maximum atomic E-state index is 11.7. The largest absolute Gasteiger partial charge is 0.361 e. The second-order valence-electron chi connectivity index (χ2n) is 4.92. The van der Waals surface area contributed by atoms with Crippen LogP contribution in [0.15, 0.2) is 30.5 Å². The van der Waals surface area contributed by atoms with Gasteiger partial charge in [0.25, 0.3) is 0 Å². The summed E-state index contributed by atoms with van der Waals surface area (Å²) in [6.07, 6.45) is 3.33. The number of amides is 1. The van der Waals surface area contributed by atoms with Crippen LogP contribution in [0, 0.1) is 5.92 Å². The van der Waals surface area contributed by atoms with E-state index in [-0.39, 0.29) is 11.8 Å². The zero-order chi connectivity index (χ0) is 13.5. The second-order valence-corrected chi connectivity index (χ2v) is 6.46. The number of carbonyl (C=O) groups is 1. The fourth-order valence-electron chi connectivity index (χ4n) is 2.28. The first-order chi connectivity index (χ1) is 9.08. The minimum Gasteiger partial charge on any atom is -0.361 e. The van der Waals surface area contributed by atoms with Crippen molar-refractivity contribution in [3.05, 3.63) is 36.0 Å². The zero-order valence-corrected chi connectivity index (χ0v) is 11.8. The molecule has 0 spiro atoms. The van der Waals surface area contributed by atoms with Crippen LogP contribution >= 0.6 is 23.2 Å². The van der Waals surface area contributed by atoms with E-state index in [1.165, 1.54) is 10.9 Å². The first-order valence-corrected chi connectivity index (χ1v) is 7.04. The SMILES string of the molecule is O=C(NCCc1c[nH]c2ccccc12)C1CC1(Cl)Cl. The Morgan fingerprint density at radius 1 is 1.42 bits per heavy atom. The number of hydrogen-bond acceptors (Lipinski definition) is 1. The Morgan fingerprint density at radius 3 is 2.89 bits per heavy atom. The number of alkyl halides is 2. The molecule has 0 radical (unpaired) electrons. The fraction of sp³-hybridized carbons (Fsp3) is 0.357. The molecule has 0 saturated heterocycles. The van der Waals surface area contributed by atoms with Crippen molar-refractivity contribution in [3.63, 3.8) is 0 Å². The van der Waals surface area contributed by atoms with Gasteiger partial charge in [-0.15, -0.1) is 23.2 Å². The van der Waals surface area contributed by atoms with Crippen molar-refractivity contribution in [2.24, 2.45) is 5.92 Å². The summed E-state index contributed by atoms with van der Waals surface area (Å²) >= 11 is 11.7. The zero-order valence-electron chi connectivity index (χ0n) is 10.2. The van der Waals surface area contributed by atoms with E-state index in [0.29, 0.717) is 13.0 Å². The van der Waals surface area contributed by atoms with Gasteiger partial charge in [-0.05, 0) is 24.5 Å². The lowest BCUT2D eigenvalue weighted by molar-refractivity contribution is -0.122. The highest BCUT2D eigenvalue weighted by Gasteiger charge is 2.56. The molecule has 2 aromatic rings. The maximum absolute atomic E-state index is 11.7. The smallest absolute Gasteiger partial charge is 0.226 e. The molecule has 3 nitrogen and oxygen atoms in total. The van der Waals surface area contributed by atoms with E-state index in [2.05, 4.69) is 16.4 Å². The number of hydrogen-bond donors (Lipinski definition) is 2. The maximum Gasteiger partial charge on any atom is 0.226 e. The van der Waals surface area contributed by atoms with E-state index in [9.17, 15) is 4.79 Å². The van der Waals surface area contributed by atoms with Crippen LogP contribution in [0.1, 0.15) is 12.0 Å². The Labute approximate surface area is 121 Å². The molecule has 1 aromatic heterocycles. The minimum atomic E-state index is -0.842. The molecule has 0 bridgehead atoms. The van der Waals surface area contributed by atoms with Crippen molar-refractivity contribution in [3.8, 4) is 0 Å². The van der Waals surface area contributed by atoms with Gasteiger partial charge in [0.05, 0.1) is 5.92 Å². The fourth-order valence-corrected chi connectivity index (χ4v) is 2.79. The first kappa shape index (κ1) is 12.8. The number of fused-ring (bicyclic) bond motifs is 1. The molecule has 5 heteroatoms. The molecule has 3 rings (SSSR count). The van der Waals surface area contributed by atoms with Gasteiger partial charge in [-0.3, -0.25) is 4.79 Å². The summed E-state index contributed by atoms with van der Waals surface area (Å²) in [7, 11) is 0. The molecular formula is C14H14Cl2N2O. The van der Waals surface area contributed by atoms with Gasteiger partial charge < -0.3 is 10.3 Å². The number of nitrogens with one attached hydrogen (secondary N) is 2. The average Bonchev–Trinajstić information content (AvgIpc) is 2.85. The summed E-state index contributed by atoms with van der Waals surface area (Å²) < 4.78 is -0.842. The van der Waals surface area contributed by atoms with Crippen LogP contribution in [-0.4, -0.2) is 21.8 Å². The van der Waals surface area contributed by atoms with Gasteiger partial charge in [0, 0.05) is 23.6 Å². The highest BCUT2D eigenvalue weighted by atomic mass is 35.5. The molecule has 19 heavy (non-hydrogen) atoms. The molecule has 1 amide bonds. The van der Waals surface area contributed by atoms with Crippen molar-refractivity contribution >= 4 is 40.0 Å². The number of carbonyl (C=O) groups excluding carboxylic acids is 1. The van der Waals surface area contributed by atoms with Crippen molar-refractivity contribution in [1.29, 1.82) is 0 Å². The average molecular weight is 297 g/mol. The molecule has 100 valence electrons. The summed E-state index contributed by atoms with van der Waals surface area (Å²) in [5.74, 6) is -0.302. The van der Waals surface area contributed by atoms with Crippen LogP contribution < -0.4 is 5.32 Å². The lowest BCUT2D eigenvalue weighted by atomic mass is 10.1. The monoisotopic (exact) mass is 296 g/mol. The Morgan fingerprint density at radius 2 is 2.16 bits per heavy atom. The highest BCUT2D eigenvalue weighted by molar-refractivity contribution is 6.52. The van der Waals surface area contributed by atoms with Crippen LogP contribution in [0.3, 0.4) is 0 Å². The van der Waals surface area contributed by atoms with E-state index in [0.717, 1.165) is 11.9 Å². The lowest BCUT2D eigenvalue weighted by Gasteiger charge is -2.04. The van der Waals surface area contributed by atoms with E-state index in [4.69, 9.17) is 23.2 Å². The van der Waals surface area contributed by atoms with E-state index < -0.39 is 4.33 Å². The van der Waals surface area contributed by atoms with Crippen molar-refractivity contribution in [2.45, 2.75) is 17.2 Å². The van der Waals surface area contributed by atoms with Crippen molar-refractivity contribution in [2.75, 3.05) is 6.54 Å². The second kappa shape index (κ2) is 4.73. The molecule has 1 aromatic carbocycles. The molecule has 1 fully saturated rings. The molecule has 1 unspecified atom stereocenters. The Hall–Kier alpha value is -1.19. The summed E-state index contributed by atoms with van der Waals surface area (Å²) in [6.45, 7) is 0.598. The molecule has 0 aliphatic heterocycles. The third kappa shape index (κ3) is 2.58. The van der Waals surface area contributed by atoms with Crippen LogP contribution in [0.4, 0.5) is 0 Å². The van der Waals surface area contributed by atoms with E-state index in [1.54, 1.807) is 0 Å². The Bertz CT molecular complexity index is 621. The number of benzene rings is 1. The van der Waals surface area contributed by atoms with Crippen LogP contribution in [0.2, 0.25) is 0 Å². The summed E-state index contributed by atoms with van der Waals surface area (Å²) in [5, 5.41) is 4.08. The predicted octanol–water partition coefficient (Wildman–Crippen LogP) is 3.02. The number of aromatic nitrogens is 1. The van der Waals surface area contributed by atoms with Crippen LogP contribution in [-0.2, 0) is 11.2 Å². The Kier molecular flexibility index (Phi) is 3.19.